The van der Waals surface area contributed by atoms with Crippen LogP contribution >= 0.6 is 23.2 Å². The zero-order valence-electron chi connectivity index (χ0n) is 10.2. The highest BCUT2D eigenvalue weighted by molar-refractivity contribution is 6.35. The Morgan fingerprint density at radius 2 is 1.95 bits per heavy atom. The first kappa shape index (κ1) is 13.0. The Hall–Kier alpha value is -2.04. The van der Waals surface area contributed by atoms with E-state index in [0.717, 1.165) is 5.39 Å². The average Bonchev–Trinajstić information content (AvgIpc) is 2.41. The predicted molar refractivity (Wildman–Crippen MR) is 80.5 cm³/mol. The van der Waals surface area contributed by atoms with Crippen LogP contribution in [0.4, 0.5) is 5.69 Å². The van der Waals surface area contributed by atoms with Gasteiger partial charge in [-0.2, -0.15) is 0 Å². The van der Waals surface area contributed by atoms with Gasteiger partial charge >= 0.3 is 0 Å². The van der Waals surface area contributed by atoms with Gasteiger partial charge in [0.1, 0.15) is 10.7 Å². The van der Waals surface area contributed by atoms with Crippen LogP contribution in [0.3, 0.4) is 0 Å². The third kappa shape index (κ3) is 2.48. The Morgan fingerprint density at radius 3 is 2.75 bits per heavy atom. The summed E-state index contributed by atoms with van der Waals surface area (Å²) in [5, 5.41) is 1.69. The van der Waals surface area contributed by atoms with E-state index in [-0.39, 0.29) is 5.15 Å². The van der Waals surface area contributed by atoms with Crippen LogP contribution < -0.4 is 10.5 Å². The first-order valence-electron chi connectivity index (χ1n) is 5.77. The van der Waals surface area contributed by atoms with Gasteiger partial charge in [-0.1, -0.05) is 23.2 Å². The molecule has 0 saturated carbocycles. The molecule has 0 unspecified atom stereocenters. The van der Waals surface area contributed by atoms with Gasteiger partial charge in [0.25, 0.3) is 0 Å². The Bertz CT molecular complexity index is 772. The minimum Gasteiger partial charge on any atom is -0.437 e. The summed E-state index contributed by atoms with van der Waals surface area (Å²) in [5.74, 6) is 0.850. The standard InChI is InChI=1S/C14H9Cl2N3O/c15-10-3-4-11(14-9(10)2-1-5-18-14)20-13-7-8(17)6-12(16)19-13/h1-7H,(H2,17,19). The molecule has 0 saturated heterocycles. The zero-order valence-corrected chi connectivity index (χ0v) is 11.7. The Kier molecular flexibility index (Phi) is 3.34. The molecular weight excluding hydrogens is 297 g/mol. The van der Waals surface area contributed by atoms with Gasteiger partial charge in [-0.15, -0.1) is 0 Å². The molecule has 0 bridgehead atoms. The molecule has 2 heterocycles. The van der Waals surface area contributed by atoms with E-state index in [1.807, 2.05) is 12.1 Å². The lowest BCUT2D eigenvalue weighted by molar-refractivity contribution is 0.467. The molecule has 0 aliphatic heterocycles. The van der Waals surface area contributed by atoms with E-state index in [0.29, 0.717) is 27.9 Å². The van der Waals surface area contributed by atoms with E-state index in [1.54, 1.807) is 30.5 Å². The molecule has 0 radical (unpaired) electrons. The van der Waals surface area contributed by atoms with Crippen LogP contribution in [-0.2, 0) is 0 Å². The molecule has 2 aromatic heterocycles. The highest BCUT2D eigenvalue weighted by Crippen LogP contribution is 2.32. The van der Waals surface area contributed by atoms with Gasteiger partial charge < -0.3 is 10.5 Å². The van der Waals surface area contributed by atoms with Gasteiger partial charge in [0.15, 0.2) is 5.75 Å². The maximum atomic E-state index is 6.13. The van der Waals surface area contributed by atoms with Crippen LogP contribution in [0.1, 0.15) is 0 Å². The van der Waals surface area contributed by atoms with Gasteiger partial charge in [0, 0.05) is 23.3 Å². The molecule has 0 aliphatic carbocycles. The van der Waals surface area contributed by atoms with Crippen molar-refractivity contribution in [1.29, 1.82) is 0 Å². The summed E-state index contributed by atoms with van der Waals surface area (Å²) in [6.45, 7) is 0. The summed E-state index contributed by atoms with van der Waals surface area (Å²) < 4.78 is 5.71. The molecule has 1 aromatic carbocycles. The van der Waals surface area contributed by atoms with E-state index in [4.69, 9.17) is 33.7 Å². The number of nitrogens with zero attached hydrogens (tertiary/aromatic N) is 2. The number of benzene rings is 1. The van der Waals surface area contributed by atoms with E-state index < -0.39 is 0 Å². The fourth-order valence-electron chi connectivity index (χ4n) is 1.85. The second-order valence-electron chi connectivity index (χ2n) is 4.11. The maximum absolute atomic E-state index is 6.13. The van der Waals surface area contributed by atoms with Gasteiger partial charge in [-0.3, -0.25) is 4.98 Å². The summed E-state index contributed by atoms with van der Waals surface area (Å²) in [7, 11) is 0. The van der Waals surface area contributed by atoms with Crippen LogP contribution in [0.5, 0.6) is 11.6 Å². The van der Waals surface area contributed by atoms with E-state index >= 15 is 0 Å². The third-order valence-electron chi connectivity index (χ3n) is 2.69. The van der Waals surface area contributed by atoms with Gasteiger partial charge in [0.2, 0.25) is 5.88 Å². The van der Waals surface area contributed by atoms with Crippen LogP contribution in [0, 0.1) is 0 Å². The quantitative estimate of drug-likeness (QED) is 0.717. The summed E-state index contributed by atoms with van der Waals surface area (Å²) in [4.78, 5) is 8.34. The normalized spacial score (nSPS) is 10.7. The second kappa shape index (κ2) is 5.15. The van der Waals surface area contributed by atoms with E-state index in [2.05, 4.69) is 9.97 Å². The number of nitrogen functional groups attached to an aromatic ring is 1. The number of nitrogens with two attached hydrogens (primary N) is 1. The molecule has 0 aliphatic rings. The lowest BCUT2D eigenvalue weighted by atomic mass is 10.2. The van der Waals surface area contributed by atoms with Crippen molar-refractivity contribution in [3.8, 4) is 11.6 Å². The number of pyridine rings is 2. The molecule has 0 amide bonds. The van der Waals surface area contributed by atoms with Gasteiger partial charge in [0.05, 0.1) is 5.02 Å². The van der Waals surface area contributed by atoms with Crippen LogP contribution in [0.2, 0.25) is 10.2 Å². The topological polar surface area (TPSA) is 61.0 Å². The number of hydrogen-bond donors (Lipinski definition) is 1. The lowest BCUT2D eigenvalue weighted by Crippen LogP contribution is -1.93. The van der Waals surface area contributed by atoms with E-state index in [1.165, 1.54) is 0 Å². The monoisotopic (exact) mass is 305 g/mol. The van der Waals surface area contributed by atoms with Crippen molar-refractivity contribution in [2.24, 2.45) is 0 Å². The fraction of sp³-hybridized carbons (Fsp3) is 0. The van der Waals surface area contributed by atoms with Crippen molar-refractivity contribution >= 4 is 39.8 Å². The SMILES string of the molecule is Nc1cc(Cl)nc(Oc2ccc(Cl)c3cccnc23)c1. The highest BCUT2D eigenvalue weighted by atomic mass is 35.5. The van der Waals surface area contributed by atoms with Crippen molar-refractivity contribution in [3.63, 3.8) is 0 Å². The molecule has 6 heteroatoms. The minimum atomic E-state index is 0.270. The zero-order chi connectivity index (χ0) is 14.1. The number of halogens is 2. The van der Waals surface area contributed by atoms with Gasteiger partial charge in [-0.05, 0) is 30.3 Å². The van der Waals surface area contributed by atoms with Crippen molar-refractivity contribution in [2.75, 3.05) is 5.73 Å². The summed E-state index contributed by atoms with van der Waals surface area (Å²) in [6, 6.07) is 10.3. The molecule has 4 nitrogen and oxygen atoms in total. The third-order valence-corrected chi connectivity index (χ3v) is 3.21. The molecule has 0 fully saturated rings. The summed E-state index contributed by atoms with van der Waals surface area (Å²) in [5.41, 5.74) is 6.84. The molecule has 3 aromatic rings. The average molecular weight is 306 g/mol. The number of anilines is 1. The molecular formula is C14H9Cl2N3O. The van der Waals surface area contributed by atoms with Crippen LogP contribution in [0.25, 0.3) is 10.9 Å². The van der Waals surface area contributed by atoms with Crippen molar-refractivity contribution in [1.82, 2.24) is 9.97 Å². The first-order chi connectivity index (χ1) is 9.63. The minimum absolute atomic E-state index is 0.270. The number of fused-ring (bicyclic) bond motifs is 1. The fourth-order valence-corrected chi connectivity index (χ4v) is 2.28. The second-order valence-corrected chi connectivity index (χ2v) is 4.90. The first-order valence-corrected chi connectivity index (χ1v) is 6.53. The van der Waals surface area contributed by atoms with Crippen LogP contribution in [-0.4, -0.2) is 9.97 Å². The number of aromatic nitrogens is 2. The smallest absolute Gasteiger partial charge is 0.222 e. The largest absolute Gasteiger partial charge is 0.437 e. The number of hydrogen-bond acceptors (Lipinski definition) is 4. The summed E-state index contributed by atoms with van der Waals surface area (Å²) >= 11 is 12.0. The van der Waals surface area contributed by atoms with Crippen LogP contribution in [0.15, 0.2) is 42.6 Å². The molecule has 100 valence electrons. The molecule has 0 atom stereocenters. The van der Waals surface area contributed by atoms with Crippen molar-refractivity contribution in [3.05, 3.63) is 52.8 Å². The number of rotatable bonds is 2. The lowest BCUT2D eigenvalue weighted by Gasteiger charge is -2.09. The molecule has 3 rings (SSSR count). The Morgan fingerprint density at radius 1 is 1.10 bits per heavy atom. The highest BCUT2D eigenvalue weighted by Gasteiger charge is 2.09. The van der Waals surface area contributed by atoms with Crippen molar-refractivity contribution < 1.29 is 4.74 Å². The number of ether oxygens (including phenoxy) is 1. The molecule has 2 N–H and O–H groups in total. The van der Waals surface area contributed by atoms with E-state index in [9.17, 15) is 0 Å². The summed E-state index contributed by atoms with van der Waals surface area (Å²) in [6.07, 6.45) is 1.67. The Balaban J connectivity index is 2.09. The van der Waals surface area contributed by atoms with Gasteiger partial charge in [-0.25, -0.2) is 4.98 Å². The Labute approximate surface area is 125 Å². The predicted octanol–water partition coefficient (Wildman–Crippen LogP) is 4.31. The molecule has 0 spiro atoms. The maximum Gasteiger partial charge on any atom is 0.222 e. The van der Waals surface area contributed by atoms with Crippen molar-refractivity contribution in [2.45, 2.75) is 0 Å². The molecule has 20 heavy (non-hydrogen) atoms.